The van der Waals surface area contributed by atoms with Crippen LogP contribution in [0.1, 0.15) is 32.6 Å². The Morgan fingerprint density at radius 2 is 2.05 bits per heavy atom. The Hall–Kier alpha value is -1.55. The zero-order chi connectivity index (χ0) is 13.9. The Morgan fingerprint density at radius 3 is 2.70 bits per heavy atom. The zero-order valence-electron chi connectivity index (χ0n) is 11.9. The first-order valence-corrected chi connectivity index (χ1v) is 8.15. The van der Waals surface area contributed by atoms with Crippen molar-refractivity contribution in [3.8, 4) is 11.1 Å². The molecule has 0 spiro atoms. The fraction of sp³-hybridized carbons (Fsp3) is 0.438. The van der Waals surface area contributed by atoms with Gasteiger partial charge in [-0.1, -0.05) is 43.7 Å². The summed E-state index contributed by atoms with van der Waals surface area (Å²) in [7, 11) is 0. The Labute approximate surface area is 124 Å². The summed E-state index contributed by atoms with van der Waals surface area (Å²) in [6.07, 6.45) is 5.05. The molecule has 1 fully saturated rings. The van der Waals surface area contributed by atoms with Crippen LogP contribution < -0.4 is 10.6 Å². The first-order valence-electron chi connectivity index (χ1n) is 7.38. The van der Waals surface area contributed by atoms with Crippen molar-refractivity contribution in [1.29, 1.82) is 0 Å². The molecule has 0 unspecified atom stereocenters. The van der Waals surface area contributed by atoms with Crippen molar-refractivity contribution in [1.82, 2.24) is 4.37 Å². The minimum Gasteiger partial charge on any atom is -0.382 e. The number of hydrogen-bond acceptors (Lipinski definition) is 4. The second kappa shape index (κ2) is 5.83. The summed E-state index contributed by atoms with van der Waals surface area (Å²) in [6.45, 7) is 3.35. The summed E-state index contributed by atoms with van der Waals surface area (Å²) in [5, 5.41) is 1.25. The summed E-state index contributed by atoms with van der Waals surface area (Å²) >= 11 is 1.55. The molecule has 3 rings (SSSR count). The summed E-state index contributed by atoms with van der Waals surface area (Å²) in [5.41, 5.74) is 8.43. The number of benzene rings is 1. The Morgan fingerprint density at radius 1 is 1.30 bits per heavy atom. The average molecular weight is 287 g/mol. The highest BCUT2D eigenvalue weighted by Gasteiger charge is 2.32. The highest BCUT2D eigenvalue weighted by Crippen LogP contribution is 2.43. The van der Waals surface area contributed by atoms with E-state index < -0.39 is 0 Å². The van der Waals surface area contributed by atoms with Crippen molar-refractivity contribution in [3.05, 3.63) is 30.3 Å². The van der Waals surface area contributed by atoms with Gasteiger partial charge in [0.1, 0.15) is 10.8 Å². The SMILES string of the molecule is CCCCN(c1snc(N)c1-c1ccccc1)C1CC1. The topological polar surface area (TPSA) is 42.2 Å². The number of nitrogen functional groups attached to an aromatic ring is 1. The Balaban J connectivity index is 1.96. The van der Waals surface area contributed by atoms with Crippen molar-refractivity contribution in [3.63, 3.8) is 0 Å². The van der Waals surface area contributed by atoms with Gasteiger partial charge in [0.15, 0.2) is 0 Å². The van der Waals surface area contributed by atoms with Crippen LogP contribution in [0.3, 0.4) is 0 Å². The highest BCUT2D eigenvalue weighted by atomic mass is 32.1. The number of anilines is 2. The van der Waals surface area contributed by atoms with Crippen LogP contribution in [0.2, 0.25) is 0 Å². The fourth-order valence-corrected chi connectivity index (χ4v) is 3.47. The van der Waals surface area contributed by atoms with E-state index in [-0.39, 0.29) is 0 Å². The number of rotatable bonds is 6. The zero-order valence-corrected chi connectivity index (χ0v) is 12.7. The molecule has 3 nitrogen and oxygen atoms in total. The molecule has 1 aromatic carbocycles. The maximum absolute atomic E-state index is 6.13. The number of nitrogens with two attached hydrogens (primary N) is 1. The molecule has 0 amide bonds. The van der Waals surface area contributed by atoms with Gasteiger partial charge in [-0.2, -0.15) is 4.37 Å². The molecule has 4 heteroatoms. The smallest absolute Gasteiger partial charge is 0.147 e. The van der Waals surface area contributed by atoms with Gasteiger partial charge in [-0.3, -0.25) is 0 Å². The van der Waals surface area contributed by atoms with E-state index in [9.17, 15) is 0 Å². The van der Waals surface area contributed by atoms with Gasteiger partial charge in [-0.25, -0.2) is 0 Å². The monoisotopic (exact) mass is 287 g/mol. The molecule has 106 valence electrons. The van der Waals surface area contributed by atoms with Crippen LogP contribution in [0.15, 0.2) is 30.3 Å². The first kappa shape index (κ1) is 13.4. The molecule has 0 atom stereocenters. The Bertz CT molecular complexity index is 560. The van der Waals surface area contributed by atoms with Crippen LogP contribution in [0, 0.1) is 0 Å². The van der Waals surface area contributed by atoms with E-state index in [1.807, 2.05) is 6.07 Å². The first-order chi connectivity index (χ1) is 9.81. The second-order valence-electron chi connectivity index (χ2n) is 5.39. The third-order valence-electron chi connectivity index (χ3n) is 3.76. The predicted molar refractivity (Wildman–Crippen MR) is 87.2 cm³/mol. The standard InChI is InChI=1S/C16H21N3S/c1-2-3-11-19(13-9-10-13)16-14(15(17)18-20-16)12-7-5-4-6-8-12/h4-8,13H,2-3,9-11H2,1H3,(H2,17,18). The van der Waals surface area contributed by atoms with E-state index in [2.05, 4.69) is 40.5 Å². The van der Waals surface area contributed by atoms with Gasteiger partial charge in [0, 0.05) is 12.6 Å². The van der Waals surface area contributed by atoms with Crippen LogP contribution >= 0.6 is 11.5 Å². The molecule has 1 aromatic heterocycles. The van der Waals surface area contributed by atoms with Gasteiger partial charge in [-0.05, 0) is 36.4 Å². The van der Waals surface area contributed by atoms with Gasteiger partial charge in [-0.15, -0.1) is 0 Å². The quantitative estimate of drug-likeness (QED) is 0.867. The third kappa shape index (κ3) is 2.66. The fourth-order valence-electron chi connectivity index (χ4n) is 2.53. The molecule has 1 aliphatic rings. The van der Waals surface area contributed by atoms with Gasteiger partial charge >= 0.3 is 0 Å². The molecule has 2 aromatic rings. The lowest BCUT2D eigenvalue weighted by Gasteiger charge is -2.23. The molecule has 1 heterocycles. The van der Waals surface area contributed by atoms with E-state index in [1.165, 1.54) is 36.2 Å². The number of aromatic nitrogens is 1. The number of hydrogen-bond donors (Lipinski definition) is 1. The summed E-state index contributed by atoms with van der Waals surface area (Å²) in [5.74, 6) is 0.665. The van der Waals surface area contributed by atoms with Crippen LogP contribution in [0.5, 0.6) is 0 Å². The van der Waals surface area contributed by atoms with Gasteiger partial charge in [0.25, 0.3) is 0 Å². The van der Waals surface area contributed by atoms with Crippen LogP contribution in [0.4, 0.5) is 10.8 Å². The second-order valence-corrected chi connectivity index (χ2v) is 6.14. The third-order valence-corrected chi connectivity index (χ3v) is 4.66. The molecule has 2 N–H and O–H groups in total. The molecular formula is C16H21N3S. The van der Waals surface area contributed by atoms with E-state index in [4.69, 9.17) is 5.73 Å². The largest absolute Gasteiger partial charge is 0.382 e. The van der Waals surface area contributed by atoms with Gasteiger partial charge < -0.3 is 10.6 Å². The van der Waals surface area contributed by atoms with Crippen LogP contribution in [-0.4, -0.2) is 17.0 Å². The van der Waals surface area contributed by atoms with E-state index in [0.29, 0.717) is 11.9 Å². The summed E-state index contributed by atoms with van der Waals surface area (Å²) in [4.78, 5) is 2.53. The lowest BCUT2D eigenvalue weighted by Crippen LogP contribution is -2.26. The average Bonchev–Trinajstić information content (AvgIpc) is 3.24. The predicted octanol–water partition coefficient (Wildman–Crippen LogP) is 4.16. The summed E-state index contributed by atoms with van der Waals surface area (Å²) in [6, 6.07) is 11.1. The van der Waals surface area contributed by atoms with Crippen LogP contribution in [-0.2, 0) is 0 Å². The van der Waals surface area contributed by atoms with E-state index >= 15 is 0 Å². The molecule has 20 heavy (non-hydrogen) atoms. The normalized spacial score (nSPS) is 14.4. The molecule has 0 aliphatic heterocycles. The van der Waals surface area contributed by atoms with Crippen molar-refractivity contribution in [2.45, 2.75) is 38.6 Å². The van der Waals surface area contributed by atoms with Gasteiger partial charge in [0.2, 0.25) is 0 Å². The Kier molecular flexibility index (Phi) is 3.92. The minimum absolute atomic E-state index is 0.665. The van der Waals surface area contributed by atoms with Crippen molar-refractivity contribution >= 4 is 22.4 Å². The molecular weight excluding hydrogens is 266 g/mol. The maximum atomic E-state index is 6.13. The lowest BCUT2D eigenvalue weighted by molar-refractivity contribution is 0.718. The molecule has 0 radical (unpaired) electrons. The summed E-state index contributed by atoms with van der Waals surface area (Å²) < 4.78 is 4.41. The van der Waals surface area contributed by atoms with Crippen molar-refractivity contribution in [2.24, 2.45) is 0 Å². The molecule has 0 bridgehead atoms. The molecule has 1 saturated carbocycles. The lowest BCUT2D eigenvalue weighted by atomic mass is 10.1. The highest BCUT2D eigenvalue weighted by molar-refractivity contribution is 7.11. The number of nitrogens with zero attached hydrogens (tertiary/aromatic N) is 2. The minimum atomic E-state index is 0.665. The van der Waals surface area contributed by atoms with E-state index in [0.717, 1.165) is 12.1 Å². The molecule has 0 saturated heterocycles. The number of unbranched alkanes of at least 4 members (excludes halogenated alkanes) is 1. The van der Waals surface area contributed by atoms with Crippen LogP contribution in [0.25, 0.3) is 11.1 Å². The molecule has 1 aliphatic carbocycles. The van der Waals surface area contributed by atoms with Crippen molar-refractivity contribution in [2.75, 3.05) is 17.2 Å². The maximum Gasteiger partial charge on any atom is 0.147 e. The van der Waals surface area contributed by atoms with Crippen molar-refractivity contribution < 1.29 is 0 Å². The van der Waals surface area contributed by atoms with E-state index in [1.54, 1.807) is 11.5 Å². The van der Waals surface area contributed by atoms with Gasteiger partial charge in [0.05, 0.1) is 5.56 Å².